The molecule has 1 N–H and O–H groups in total. The zero-order chi connectivity index (χ0) is 16.2. The summed E-state index contributed by atoms with van der Waals surface area (Å²) in [6, 6.07) is 3.03. The van der Waals surface area contributed by atoms with Crippen LogP contribution in [0.1, 0.15) is 23.3 Å². The van der Waals surface area contributed by atoms with E-state index in [4.69, 9.17) is 0 Å². The first-order chi connectivity index (χ1) is 11.1. The third-order valence-corrected chi connectivity index (χ3v) is 4.17. The molecular weight excluding hydrogens is 365 g/mol. The SMILES string of the molecule is O=C(NC1CCN(c2ncc(Br)cc2F)CC1)c1ccncn1. The Morgan fingerprint density at radius 1 is 1.35 bits per heavy atom. The van der Waals surface area contributed by atoms with E-state index in [9.17, 15) is 9.18 Å². The predicted molar refractivity (Wildman–Crippen MR) is 86.6 cm³/mol. The van der Waals surface area contributed by atoms with E-state index in [-0.39, 0.29) is 17.8 Å². The Kier molecular flexibility index (Phi) is 4.80. The Labute approximate surface area is 141 Å². The number of rotatable bonds is 3. The maximum absolute atomic E-state index is 13.9. The predicted octanol–water partition coefficient (Wildman–Crippen LogP) is 2.17. The minimum atomic E-state index is -0.345. The van der Waals surface area contributed by atoms with Crippen molar-refractivity contribution in [1.82, 2.24) is 20.3 Å². The number of carbonyl (C=O) groups is 1. The number of nitrogens with one attached hydrogen (secondary N) is 1. The molecule has 0 aromatic carbocycles. The van der Waals surface area contributed by atoms with Crippen molar-refractivity contribution in [3.63, 3.8) is 0 Å². The second-order valence-corrected chi connectivity index (χ2v) is 6.20. The van der Waals surface area contributed by atoms with E-state index in [1.165, 1.54) is 18.6 Å². The number of piperidine rings is 1. The van der Waals surface area contributed by atoms with E-state index in [1.54, 1.807) is 12.3 Å². The maximum Gasteiger partial charge on any atom is 0.270 e. The average molecular weight is 380 g/mol. The van der Waals surface area contributed by atoms with Gasteiger partial charge in [-0.3, -0.25) is 4.79 Å². The molecule has 0 aliphatic carbocycles. The van der Waals surface area contributed by atoms with Gasteiger partial charge in [-0.1, -0.05) is 0 Å². The lowest BCUT2D eigenvalue weighted by molar-refractivity contribution is 0.0925. The Bertz CT molecular complexity index is 692. The van der Waals surface area contributed by atoms with Crippen LogP contribution in [0.4, 0.5) is 10.2 Å². The summed E-state index contributed by atoms with van der Waals surface area (Å²) in [4.78, 5) is 25.8. The molecule has 8 heteroatoms. The Morgan fingerprint density at radius 2 is 2.13 bits per heavy atom. The number of hydrogen-bond donors (Lipinski definition) is 1. The van der Waals surface area contributed by atoms with Gasteiger partial charge >= 0.3 is 0 Å². The highest BCUT2D eigenvalue weighted by Crippen LogP contribution is 2.23. The van der Waals surface area contributed by atoms with Crippen LogP contribution in [-0.4, -0.2) is 40.0 Å². The third-order valence-electron chi connectivity index (χ3n) is 3.73. The standard InChI is InChI=1S/C15H15BrFN5O/c16-10-7-12(17)14(19-8-10)22-5-2-11(3-6-22)21-15(23)13-1-4-18-9-20-13/h1,4,7-9,11H,2-3,5-6H2,(H,21,23). The van der Waals surface area contributed by atoms with E-state index in [2.05, 4.69) is 36.2 Å². The van der Waals surface area contributed by atoms with Crippen molar-refractivity contribution in [2.45, 2.75) is 18.9 Å². The highest BCUT2D eigenvalue weighted by atomic mass is 79.9. The van der Waals surface area contributed by atoms with Gasteiger partial charge in [0.25, 0.3) is 5.91 Å². The summed E-state index contributed by atoms with van der Waals surface area (Å²) < 4.78 is 14.6. The van der Waals surface area contributed by atoms with Crippen LogP contribution in [0.2, 0.25) is 0 Å². The number of amides is 1. The second kappa shape index (κ2) is 6.99. The van der Waals surface area contributed by atoms with Crippen LogP contribution in [0, 0.1) is 5.82 Å². The van der Waals surface area contributed by atoms with Crippen LogP contribution < -0.4 is 10.2 Å². The number of halogens is 2. The number of pyridine rings is 1. The Balaban J connectivity index is 1.57. The topological polar surface area (TPSA) is 71.0 Å². The Hall–Kier alpha value is -2.09. The number of hydrogen-bond acceptors (Lipinski definition) is 5. The normalized spacial score (nSPS) is 15.5. The quantitative estimate of drug-likeness (QED) is 0.884. The summed E-state index contributed by atoms with van der Waals surface area (Å²) in [5.41, 5.74) is 0.350. The maximum atomic E-state index is 13.9. The van der Waals surface area contributed by atoms with Crippen LogP contribution in [-0.2, 0) is 0 Å². The summed E-state index contributed by atoms with van der Waals surface area (Å²) >= 11 is 3.20. The van der Waals surface area contributed by atoms with Gasteiger partial charge in [-0.05, 0) is 40.9 Å². The molecule has 0 atom stereocenters. The van der Waals surface area contributed by atoms with Crippen LogP contribution in [0.3, 0.4) is 0 Å². The fourth-order valence-corrected chi connectivity index (χ4v) is 2.86. The van der Waals surface area contributed by atoms with Crippen LogP contribution in [0.25, 0.3) is 0 Å². The van der Waals surface area contributed by atoms with Gasteiger partial charge in [-0.15, -0.1) is 0 Å². The van der Waals surface area contributed by atoms with E-state index < -0.39 is 0 Å². The second-order valence-electron chi connectivity index (χ2n) is 5.29. The first-order valence-electron chi connectivity index (χ1n) is 7.26. The van der Waals surface area contributed by atoms with E-state index in [0.29, 0.717) is 29.1 Å². The molecule has 1 amide bonds. The van der Waals surface area contributed by atoms with Gasteiger partial charge < -0.3 is 10.2 Å². The molecule has 0 bridgehead atoms. The van der Waals surface area contributed by atoms with Gasteiger partial charge in [0.15, 0.2) is 11.6 Å². The molecule has 1 fully saturated rings. The zero-order valence-corrected chi connectivity index (χ0v) is 13.8. The molecule has 1 aliphatic heterocycles. The zero-order valence-electron chi connectivity index (χ0n) is 12.2. The molecule has 120 valence electrons. The number of nitrogens with zero attached hydrogens (tertiary/aromatic N) is 4. The third kappa shape index (κ3) is 3.82. The molecule has 1 saturated heterocycles. The minimum Gasteiger partial charge on any atom is -0.354 e. The summed E-state index contributed by atoms with van der Waals surface area (Å²) in [7, 11) is 0. The molecule has 0 spiro atoms. The molecule has 0 radical (unpaired) electrons. The summed E-state index contributed by atoms with van der Waals surface area (Å²) in [5, 5.41) is 2.95. The van der Waals surface area contributed by atoms with E-state index >= 15 is 0 Å². The molecule has 6 nitrogen and oxygen atoms in total. The lowest BCUT2D eigenvalue weighted by Gasteiger charge is -2.33. The summed E-state index contributed by atoms with van der Waals surface area (Å²) in [5.74, 6) is -0.199. The lowest BCUT2D eigenvalue weighted by Crippen LogP contribution is -2.45. The van der Waals surface area contributed by atoms with Gasteiger partial charge in [0.05, 0.1) is 0 Å². The van der Waals surface area contributed by atoms with Crippen LogP contribution in [0.5, 0.6) is 0 Å². The molecule has 0 saturated carbocycles. The van der Waals surface area contributed by atoms with Gasteiger partial charge in [0.2, 0.25) is 0 Å². The molecule has 3 heterocycles. The van der Waals surface area contributed by atoms with Crippen molar-refractivity contribution in [3.8, 4) is 0 Å². The van der Waals surface area contributed by atoms with Crippen molar-refractivity contribution in [2.24, 2.45) is 0 Å². The summed E-state index contributed by atoms with van der Waals surface area (Å²) in [6.45, 7) is 1.28. The van der Waals surface area contributed by atoms with Gasteiger partial charge in [-0.25, -0.2) is 19.3 Å². The molecule has 3 rings (SSSR count). The minimum absolute atomic E-state index is 0.0484. The molecule has 0 unspecified atom stereocenters. The molecule has 2 aromatic rings. The van der Waals surface area contributed by atoms with Crippen LogP contribution >= 0.6 is 15.9 Å². The van der Waals surface area contributed by atoms with Gasteiger partial charge in [-0.2, -0.15) is 0 Å². The number of aromatic nitrogens is 3. The van der Waals surface area contributed by atoms with E-state index in [1.807, 2.05) is 4.90 Å². The van der Waals surface area contributed by atoms with Crippen molar-refractivity contribution >= 4 is 27.7 Å². The molecular formula is C15H15BrFN5O. The smallest absolute Gasteiger partial charge is 0.270 e. The fourth-order valence-electron chi connectivity index (χ4n) is 2.56. The molecule has 1 aliphatic rings. The monoisotopic (exact) mass is 379 g/mol. The lowest BCUT2D eigenvalue weighted by atomic mass is 10.0. The highest BCUT2D eigenvalue weighted by Gasteiger charge is 2.24. The van der Waals surface area contributed by atoms with Crippen molar-refractivity contribution in [3.05, 3.63) is 46.8 Å². The van der Waals surface area contributed by atoms with Crippen molar-refractivity contribution in [2.75, 3.05) is 18.0 Å². The number of carbonyl (C=O) groups excluding carboxylic acids is 1. The molecule has 2 aromatic heterocycles. The number of anilines is 1. The van der Waals surface area contributed by atoms with E-state index in [0.717, 1.165) is 12.8 Å². The van der Waals surface area contributed by atoms with Gasteiger partial charge in [0.1, 0.15) is 12.0 Å². The average Bonchev–Trinajstić information content (AvgIpc) is 2.57. The van der Waals surface area contributed by atoms with Gasteiger partial charge in [0, 0.05) is 36.0 Å². The van der Waals surface area contributed by atoms with Crippen molar-refractivity contribution in [1.29, 1.82) is 0 Å². The van der Waals surface area contributed by atoms with Crippen molar-refractivity contribution < 1.29 is 9.18 Å². The fraction of sp³-hybridized carbons (Fsp3) is 0.333. The van der Waals surface area contributed by atoms with Crippen LogP contribution in [0.15, 0.2) is 35.3 Å². The molecule has 23 heavy (non-hydrogen) atoms. The first-order valence-corrected chi connectivity index (χ1v) is 8.05. The Morgan fingerprint density at radius 3 is 2.78 bits per heavy atom. The highest BCUT2D eigenvalue weighted by molar-refractivity contribution is 9.10. The first kappa shape index (κ1) is 15.8. The largest absolute Gasteiger partial charge is 0.354 e. The summed E-state index contributed by atoms with van der Waals surface area (Å²) in [6.07, 6.45) is 5.93.